The molecule has 0 radical (unpaired) electrons. The zero-order valence-electron chi connectivity index (χ0n) is 8.58. The van der Waals surface area contributed by atoms with Crippen LogP contribution in [-0.4, -0.2) is 55.6 Å². The molecule has 2 N–H and O–H groups in total. The molecule has 3 heteroatoms. The molecule has 0 aromatic carbocycles. The molecule has 1 atom stereocenters. The van der Waals surface area contributed by atoms with Crippen molar-refractivity contribution in [2.75, 3.05) is 39.8 Å². The van der Waals surface area contributed by atoms with E-state index in [1.54, 1.807) is 0 Å². The first kappa shape index (κ1) is 9.44. The van der Waals surface area contributed by atoms with E-state index in [4.69, 9.17) is 5.73 Å². The van der Waals surface area contributed by atoms with E-state index in [0.717, 1.165) is 12.5 Å². The summed E-state index contributed by atoms with van der Waals surface area (Å²) in [4.78, 5) is 4.93. The summed E-state index contributed by atoms with van der Waals surface area (Å²) in [6.45, 7) is 6.24. The van der Waals surface area contributed by atoms with Crippen LogP contribution in [-0.2, 0) is 0 Å². The molecule has 2 aliphatic heterocycles. The molecule has 1 unspecified atom stereocenters. The number of hydrogen-bond donors (Lipinski definition) is 1. The lowest BCUT2D eigenvalue weighted by Crippen LogP contribution is -2.52. The SMILES string of the molecule is CN1CC(CN2CCCC(N)C2)C1. The summed E-state index contributed by atoms with van der Waals surface area (Å²) in [7, 11) is 2.19. The van der Waals surface area contributed by atoms with E-state index in [2.05, 4.69) is 16.8 Å². The van der Waals surface area contributed by atoms with Crippen LogP contribution in [0, 0.1) is 5.92 Å². The van der Waals surface area contributed by atoms with Gasteiger partial charge in [-0.15, -0.1) is 0 Å². The summed E-state index contributed by atoms with van der Waals surface area (Å²) in [5.74, 6) is 0.912. The van der Waals surface area contributed by atoms with E-state index in [-0.39, 0.29) is 0 Å². The molecule has 2 rings (SSSR count). The Balaban J connectivity index is 1.69. The van der Waals surface area contributed by atoms with Crippen LogP contribution in [0.5, 0.6) is 0 Å². The first-order chi connectivity index (χ1) is 6.24. The third kappa shape index (κ3) is 2.42. The number of hydrogen-bond acceptors (Lipinski definition) is 3. The van der Waals surface area contributed by atoms with Gasteiger partial charge in [-0.05, 0) is 32.4 Å². The Morgan fingerprint density at radius 2 is 2.08 bits per heavy atom. The van der Waals surface area contributed by atoms with Crippen molar-refractivity contribution in [2.24, 2.45) is 11.7 Å². The third-order valence-electron chi connectivity index (χ3n) is 3.20. The lowest BCUT2D eigenvalue weighted by atomic mass is 9.98. The number of nitrogens with zero attached hydrogens (tertiary/aromatic N) is 2. The largest absolute Gasteiger partial charge is 0.327 e. The van der Waals surface area contributed by atoms with Gasteiger partial charge in [-0.3, -0.25) is 0 Å². The quantitative estimate of drug-likeness (QED) is 0.652. The molecule has 2 saturated heterocycles. The summed E-state index contributed by atoms with van der Waals surface area (Å²) in [6.07, 6.45) is 2.52. The monoisotopic (exact) mass is 183 g/mol. The highest BCUT2D eigenvalue weighted by Gasteiger charge is 2.26. The second kappa shape index (κ2) is 3.95. The minimum Gasteiger partial charge on any atom is -0.327 e. The molecule has 0 aliphatic carbocycles. The molecule has 2 aliphatic rings. The Kier molecular flexibility index (Phi) is 2.86. The van der Waals surface area contributed by atoms with Gasteiger partial charge in [0.15, 0.2) is 0 Å². The number of rotatable bonds is 2. The van der Waals surface area contributed by atoms with E-state index >= 15 is 0 Å². The second-order valence-electron chi connectivity index (χ2n) is 4.75. The van der Waals surface area contributed by atoms with Crippen molar-refractivity contribution in [3.05, 3.63) is 0 Å². The van der Waals surface area contributed by atoms with Crippen molar-refractivity contribution in [1.82, 2.24) is 9.80 Å². The molecule has 2 heterocycles. The summed E-state index contributed by atoms with van der Waals surface area (Å²) >= 11 is 0. The fourth-order valence-electron chi connectivity index (χ4n) is 2.57. The average Bonchev–Trinajstić information content (AvgIpc) is 2.01. The van der Waals surface area contributed by atoms with Crippen LogP contribution in [0.25, 0.3) is 0 Å². The highest BCUT2D eigenvalue weighted by molar-refractivity contribution is 4.83. The summed E-state index contributed by atoms with van der Waals surface area (Å²) < 4.78 is 0. The van der Waals surface area contributed by atoms with Gasteiger partial charge in [0.05, 0.1) is 0 Å². The van der Waals surface area contributed by atoms with Crippen molar-refractivity contribution < 1.29 is 0 Å². The van der Waals surface area contributed by atoms with E-state index in [0.29, 0.717) is 6.04 Å². The smallest absolute Gasteiger partial charge is 0.0168 e. The lowest BCUT2D eigenvalue weighted by molar-refractivity contribution is 0.0789. The topological polar surface area (TPSA) is 32.5 Å². The first-order valence-electron chi connectivity index (χ1n) is 5.40. The van der Waals surface area contributed by atoms with Crippen LogP contribution < -0.4 is 5.73 Å². The zero-order chi connectivity index (χ0) is 9.26. The normalized spacial score (nSPS) is 33.2. The molecule has 76 valence electrons. The van der Waals surface area contributed by atoms with E-state index in [1.807, 2.05) is 0 Å². The van der Waals surface area contributed by atoms with Gasteiger partial charge in [-0.1, -0.05) is 0 Å². The summed E-state index contributed by atoms with van der Waals surface area (Å²) in [5.41, 5.74) is 5.94. The Morgan fingerprint density at radius 1 is 1.31 bits per heavy atom. The van der Waals surface area contributed by atoms with Crippen molar-refractivity contribution >= 4 is 0 Å². The fourth-order valence-corrected chi connectivity index (χ4v) is 2.57. The van der Waals surface area contributed by atoms with Crippen molar-refractivity contribution in [2.45, 2.75) is 18.9 Å². The van der Waals surface area contributed by atoms with Gasteiger partial charge in [-0.25, -0.2) is 0 Å². The number of likely N-dealkylation sites (tertiary alicyclic amines) is 2. The maximum Gasteiger partial charge on any atom is 0.0168 e. The molecule has 3 nitrogen and oxygen atoms in total. The average molecular weight is 183 g/mol. The predicted octanol–water partition coefficient (Wildman–Crippen LogP) is -0.0289. The molecule has 0 bridgehead atoms. The molecular weight excluding hydrogens is 162 g/mol. The molecular formula is C10H21N3. The minimum atomic E-state index is 0.437. The standard InChI is InChI=1S/C10H21N3/c1-12-5-9(6-12)7-13-4-2-3-10(11)8-13/h9-10H,2-8,11H2,1H3. The Labute approximate surface area is 80.9 Å². The second-order valence-corrected chi connectivity index (χ2v) is 4.75. The fraction of sp³-hybridized carbons (Fsp3) is 1.00. The predicted molar refractivity (Wildman–Crippen MR) is 54.6 cm³/mol. The van der Waals surface area contributed by atoms with Gasteiger partial charge in [0.25, 0.3) is 0 Å². The highest BCUT2D eigenvalue weighted by Crippen LogP contribution is 2.17. The molecule has 0 saturated carbocycles. The van der Waals surface area contributed by atoms with Crippen molar-refractivity contribution in [3.8, 4) is 0 Å². The summed E-state index contributed by atoms with van der Waals surface area (Å²) in [5, 5.41) is 0. The van der Waals surface area contributed by atoms with Gasteiger partial charge >= 0.3 is 0 Å². The van der Waals surface area contributed by atoms with Gasteiger partial charge < -0.3 is 15.5 Å². The van der Waals surface area contributed by atoms with Crippen LogP contribution in [0.1, 0.15) is 12.8 Å². The van der Waals surface area contributed by atoms with Crippen LogP contribution >= 0.6 is 0 Å². The van der Waals surface area contributed by atoms with Crippen molar-refractivity contribution in [1.29, 1.82) is 0 Å². The maximum absolute atomic E-state index is 5.94. The van der Waals surface area contributed by atoms with Crippen LogP contribution in [0.4, 0.5) is 0 Å². The Bertz CT molecular complexity index is 166. The molecule has 2 fully saturated rings. The van der Waals surface area contributed by atoms with Crippen molar-refractivity contribution in [3.63, 3.8) is 0 Å². The first-order valence-corrected chi connectivity index (χ1v) is 5.40. The van der Waals surface area contributed by atoms with E-state index < -0.39 is 0 Å². The zero-order valence-corrected chi connectivity index (χ0v) is 8.58. The molecule has 0 aromatic rings. The van der Waals surface area contributed by atoms with E-state index in [1.165, 1.54) is 39.0 Å². The van der Waals surface area contributed by atoms with Crippen LogP contribution in [0.3, 0.4) is 0 Å². The van der Waals surface area contributed by atoms with Gasteiger partial charge in [-0.2, -0.15) is 0 Å². The highest BCUT2D eigenvalue weighted by atomic mass is 15.2. The molecule has 0 amide bonds. The summed E-state index contributed by atoms with van der Waals surface area (Å²) in [6, 6.07) is 0.437. The molecule has 13 heavy (non-hydrogen) atoms. The maximum atomic E-state index is 5.94. The molecule has 0 spiro atoms. The molecule has 0 aromatic heterocycles. The van der Waals surface area contributed by atoms with Gasteiger partial charge in [0.2, 0.25) is 0 Å². The number of nitrogens with two attached hydrogens (primary N) is 1. The lowest BCUT2D eigenvalue weighted by Gasteiger charge is -2.41. The Hall–Kier alpha value is -0.120. The van der Waals surface area contributed by atoms with Gasteiger partial charge in [0, 0.05) is 32.2 Å². The number of piperidine rings is 1. The Morgan fingerprint density at radius 3 is 2.69 bits per heavy atom. The van der Waals surface area contributed by atoms with Crippen LogP contribution in [0.15, 0.2) is 0 Å². The van der Waals surface area contributed by atoms with Crippen LogP contribution in [0.2, 0.25) is 0 Å². The third-order valence-corrected chi connectivity index (χ3v) is 3.20. The van der Waals surface area contributed by atoms with E-state index in [9.17, 15) is 0 Å². The minimum absolute atomic E-state index is 0.437. The van der Waals surface area contributed by atoms with Gasteiger partial charge in [0.1, 0.15) is 0 Å².